The number of nitrogens with one attached hydrogen (secondary N) is 2. The van der Waals surface area contributed by atoms with Gasteiger partial charge in [-0.05, 0) is 55.9 Å². The van der Waals surface area contributed by atoms with Crippen molar-refractivity contribution in [1.29, 1.82) is 0 Å². The van der Waals surface area contributed by atoms with Crippen molar-refractivity contribution in [2.75, 3.05) is 30.0 Å². The third-order valence-electron chi connectivity index (χ3n) is 6.73. The Morgan fingerprint density at radius 2 is 2.06 bits per heavy atom. The van der Waals surface area contributed by atoms with Crippen molar-refractivity contribution in [3.63, 3.8) is 0 Å². The van der Waals surface area contributed by atoms with Crippen LogP contribution in [0, 0.1) is 12.8 Å². The molecule has 2 atom stereocenters. The summed E-state index contributed by atoms with van der Waals surface area (Å²) in [6.07, 6.45) is 4.46. The quantitative estimate of drug-likeness (QED) is 0.564. The predicted octanol–water partition coefficient (Wildman–Crippen LogP) is 3.00. The zero-order valence-electron chi connectivity index (χ0n) is 19.6. The summed E-state index contributed by atoms with van der Waals surface area (Å²) in [6.45, 7) is 6.72. The number of carboxylic acid groups (broad SMARTS) is 1. The summed E-state index contributed by atoms with van der Waals surface area (Å²) in [5.74, 6) is -0.283. The number of benzene rings is 1. The Morgan fingerprint density at radius 1 is 1.30 bits per heavy atom. The second-order valence-electron chi connectivity index (χ2n) is 9.16. The van der Waals surface area contributed by atoms with Crippen LogP contribution in [0.2, 0.25) is 0 Å². The number of fused-ring (bicyclic) bond motifs is 1. The Labute approximate surface area is 194 Å². The zero-order valence-corrected chi connectivity index (χ0v) is 19.6. The maximum atomic E-state index is 12.3. The smallest absolute Gasteiger partial charge is 0.320 e. The highest BCUT2D eigenvalue weighted by Gasteiger charge is 2.33. The van der Waals surface area contributed by atoms with Crippen LogP contribution in [0.15, 0.2) is 35.3 Å². The maximum absolute atomic E-state index is 12.3. The van der Waals surface area contributed by atoms with Crippen LogP contribution in [0.5, 0.6) is 0 Å². The molecule has 1 unspecified atom stereocenters. The van der Waals surface area contributed by atoms with E-state index in [0.717, 1.165) is 60.7 Å². The lowest BCUT2D eigenvalue weighted by molar-refractivity contribution is -0.139. The number of aliphatic carboxylic acids is 1. The largest absolute Gasteiger partial charge is 0.480 e. The van der Waals surface area contributed by atoms with Crippen molar-refractivity contribution in [3.8, 4) is 0 Å². The van der Waals surface area contributed by atoms with Gasteiger partial charge in [0, 0.05) is 50.7 Å². The number of pyridine rings is 1. The monoisotopic (exact) mass is 454 g/mol. The summed E-state index contributed by atoms with van der Waals surface area (Å²) in [4.78, 5) is 26.0. The fourth-order valence-corrected chi connectivity index (χ4v) is 4.80. The molecule has 0 amide bonds. The molecule has 3 heterocycles. The van der Waals surface area contributed by atoms with Crippen LogP contribution in [0.25, 0.3) is 0 Å². The van der Waals surface area contributed by atoms with E-state index in [1.165, 1.54) is 0 Å². The van der Waals surface area contributed by atoms with Crippen molar-refractivity contribution in [2.45, 2.75) is 51.9 Å². The molecule has 8 nitrogen and oxygen atoms in total. The second kappa shape index (κ2) is 9.97. The van der Waals surface area contributed by atoms with Gasteiger partial charge in [0.2, 0.25) is 0 Å². The number of aryl methyl sites for hydroxylation is 2. The molecule has 1 aromatic carbocycles. The highest BCUT2D eigenvalue weighted by molar-refractivity contribution is 5.77. The van der Waals surface area contributed by atoms with Gasteiger partial charge in [-0.1, -0.05) is 13.0 Å². The lowest BCUT2D eigenvalue weighted by Crippen LogP contribution is -2.35. The minimum absolute atomic E-state index is 0.0162. The molecule has 1 fully saturated rings. The van der Waals surface area contributed by atoms with Crippen LogP contribution in [0.4, 0.5) is 11.4 Å². The van der Waals surface area contributed by atoms with Crippen molar-refractivity contribution < 1.29 is 14.6 Å². The van der Waals surface area contributed by atoms with Gasteiger partial charge in [0.15, 0.2) is 0 Å². The molecule has 2 aliphatic heterocycles. The molecular formula is C25H34N4O4. The normalized spacial score (nSPS) is 19.2. The zero-order chi connectivity index (χ0) is 23.5. The molecule has 1 saturated heterocycles. The van der Waals surface area contributed by atoms with E-state index in [-0.39, 0.29) is 11.7 Å². The van der Waals surface area contributed by atoms with Crippen LogP contribution < -0.4 is 21.1 Å². The molecule has 178 valence electrons. The summed E-state index contributed by atoms with van der Waals surface area (Å²) >= 11 is 0. The predicted molar refractivity (Wildman–Crippen MR) is 129 cm³/mol. The van der Waals surface area contributed by atoms with Crippen molar-refractivity contribution >= 4 is 17.3 Å². The molecule has 0 aliphatic carbocycles. The maximum Gasteiger partial charge on any atom is 0.320 e. The fourth-order valence-electron chi connectivity index (χ4n) is 4.80. The van der Waals surface area contributed by atoms with Gasteiger partial charge in [-0.15, -0.1) is 0 Å². The Bertz CT molecular complexity index is 1030. The number of rotatable bonds is 8. The third-order valence-corrected chi connectivity index (χ3v) is 6.73. The molecule has 0 radical (unpaired) electrons. The van der Waals surface area contributed by atoms with Crippen molar-refractivity contribution in [2.24, 2.45) is 13.0 Å². The molecule has 2 aromatic rings. The van der Waals surface area contributed by atoms with E-state index >= 15 is 0 Å². The Morgan fingerprint density at radius 3 is 2.73 bits per heavy atom. The summed E-state index contributed by atoms with van der Waals surface area (Å²) in [7, 11) is 1.79. The minimum atomic E-state index is -0.829. The lowest BCUT2D eigenvalue weighted by atomic mass is 9.98. The lowest BCUT2D eigenvalue weighted by Gasteiger charge is -2.33. The highest BCUT2D eigenvalue weighted by Crippen LogP contribution is 2.42. The molecule has 2 aliphatic rings. The van der Waals surface area contributed by atoms with Gasteiger partial charge in [0.25, 0.3) is 5.56 Å². The number of nitrogens with zero attached hydrogens (tertiary/aromatic N) is 2. The molecule has 3 N–H and O–H groups in total. The summed E-state index contributed by atoms with van der Waals surface area (Å²) in [5.41, 5.74) is 4.98. The van der Waals surface area contributed by atoms with Gasteiger partial charge in [0.05, 0.1) is 11.4 Å². The number of ether oxygens (including phenoxy) is 1. The van der Waals surface area contributed by atoms with Gasteiger partial charge in [-0.3, -0.25) is 9.59 Å². The number of aromatic nitrogens is 1. The van der Waals surface area contributed by atoms with E-state index in [4.69, 9.17) is 4.74 Å². The molecule has 0 spiro atoms. The average molecular weight is 455 g/mol. The molecule has 1 aromatic heterocycles. The molecule has 4 rings (SSSR count). The Kier molecular flexibility index (Phi) is 7.05. The topological polar surface area (TPSA) is 95.8 Å². The first-order chi connectivity index (χ1) is 15.9. The number of carboxylic acids is 1. The standard InChI is InChI=1S/C25H34N4O4/c1-4-20(25(31)32)26-13-18-5-6-22-21(12-18)27-23(19-11-16(2)24(30)28(3)15-19)29(22)14-17-7-9-33-10-8-17/h5-6,11-12,15,17,20,23,26-27H,4,7-10,13-14H2,1-3H3,(H,31,32)/t20-,23?/m0/s1. The van der Waals surface area contributed by atoms with Gasteiger partial charge in [0.1, 0.15) is 12.2 Å². The average Bonchev–Trinajstić information content (AvgIpc) is 3.15. The first kappa shape index (κ1) is 23.3. The fraction of sp³-hybridized carbons (Fsp3) is 0.520. The number of hydrogen-bond donors (Lipinski definition) is 3. The minimum Gasteiger partial charge on any atom is -0.480 e. The van der Waals surface area contributed by atoms with E-state index in [0.29, 0.717) is 18.9 Å². The van der Waals surface area contributed by atoms with Crippen molar-refractivity contribution in [3.05, 3.63) is 57.5 Å². The van der Waals surface area contributed by atoms with Gasteiger partial charge in [-0.25, -0.2) is 0 Å². The summed E-state index contributed by atoms with van der Waals surface area (Å²) in [5, 5.41) is 16.1. The van der Waals surface area contributed by atoms with Crippen LogP contribution in [0.3, 0.4) is 0 Å². The Balaban J connectivity index is 1.61. The molecule has 0 bridgehead atoms. The van der Waals surface area contributed by atoms with Crippen LogP contribution in [0.1, 0.15) is 49.0 Å². The summed E-state index contributed by atoms with van der Waals surface area (Å²) < 4.78 is 7.20. The van der Waals surface area contributed by atoms with Crippen LogP contribution in [-0.2, 0) is 23.1 Å². The summed E-state index contributed by atoms with van der Waals surface area (Å²) in [6, 6.07) is 7.70. The highest BCUT2D eigenvalue weighted by atomic mass is 16.5. The number of hydrogen-bond acceptors (Lipinski definition) is 6. The van der Waals surface area contributed by atoms with Crippen molar-refractivity contribution in [1.82, 2.24) is 9.88 Å². The van der Waals surface area contributed by atoms with Crippen LogP contribution in [-0.4, -0.2) is 41.4 Å². The third kappa shape index (κ3) is 5.07. The van der Waals surface area contributed by atoms with E-state index in [1.54, 1.807) is 11.6 Å². The van der Waals surface area contributed by atoms with E-state index in [1.807, 2.05) is 26.1 Å². The first-order valence-corrected chi connectivity index (χ1v) is 11.7. The second-order valence-corrected chi connectivity index (χ2v) is 9.16. The Hall–Kier alpha value is -2.84. The van der Waals surface area contributed by atoms with Crippen LogP contribution >= 0.6 is 0 Å². The molecule has 0 saturated carbocycles. The van der Waals surface area contributed by atoms with E-state index in [9.17, 15) is 14.7 Å². The first-order valence-electron chi connectivity index (χ1n) is 11.7. The molecule has 33 heavy (non-hydrogen) atoms. The molecular weight excluding hydrogens is 420 g/mol. The van der Waals surface area contributed by atoms with Gasteiger partial charge in [-0.2, -0.15) is 0 Å². The van der Waals surface area contributed by atoms with Gasteiger partial charge < -0.3 is 29.9 Å². The van der Waals surface area contributed by atoms with Gasteiger partial charge >= 0.3 is 5.97 Å². The number of carbonyl (C=O) groups is 1. The molecule has 8 heteroatoms. The van der Waals surface area contributed by atoms with E-state index < -0.39 is 12.0 Å². The SMILES string of the molecule is CC[C@H](NCc1ccc2c(c1)NC(c1cc(C)c(=O)n(C)c1)N2CC1CCOCC1)C(=O)O. The number of anilines is 2. The van der Waals surface area contributed by atoms with E-state index in [2.05, 4.69) is 33.7 Å².